The van der Waals surface area contributed by atoms with Gasteiger partial charge in [-0.25, -0.2) is 4.39 Å². The SMILES string of the molecule is CC(CN)(Cc1ccccc1F)NCCCCCO. The zero-order valence-electron chi connectivity index (χ0n) is 11.7. The van der Waals surface area contributed by atoms with Gasteiger partial charge in [0.2, 0.25) is 0 Å². The number of nitrogens with two attached hydrogens (primary N) is 1. The van der Waals surface area contributed by atoms with Crippen molar-refractivity contribution in [3.63, 3.8) is 0 Å². The van der Waals surface area contributed by atoms with E-state index in [1.54, 1.807) is 12.1 Å². The summed E-state index contributed by atoms with van der Waals surface area (Å²) in [4.78, 5) is 0. The van der Waals surface area contributed by atoms with Gasteiger partial charge in [-0.2, -0.15) is 0 Å². The van der Waals surface area contributed by atoms with E-state index in [9.17, 15) is 4.39 Å². The molecule has 0 saturated carbocycles. The first-order valence-electron chi connectivity index (χ1n) is 6.91. The van der Waals surface area contributed by atoms with Crippen LogP contribution in [-0.4, -0.2) is 30.3 Å². The van der Waals surface area contributed by atoms with E-state index in [4.69, 9.17) is 10.8 Å². The number of aliphatic hydroxyl groups excluding tert-OH is 1. The minimum absolute atomic E-state index is 0.177. The van der Waals surface area contributed by atoms with E-state index < -0.39 is 0 Å². The topological polar surface area (TPSA) is 58.3 Å². The standard InChI is InChI=1S/C15H25FN2O/c1-15(12-17,18-9-5-2-6-10-19)11-13-7-3-4-8-14(13)16/h3-4,7-8,18-19H,2,5-6,9-12,17H2,1H3. The molecule has 0 radical (unpaired) electrons. The van der Waals surface area contributed by atoms with E-state index in [0.29, 0.717) is 18.5 Å². The van der Waals surface area contributed by atoms with Gasteiger partial charge in [-0.3, -0.25) is 0 Å². The van der Waals surface area contributed by atoms with Gasteiger partial charge in [0, 0.05) is 18.7 Å². The number of aliphatic hydroxyl groups is 1. The average Bonchev–Trinajstić information content (AvgIpc) is 2.41. The number of hydrogen-bond acceptors (Lipinski definition) is 3. The molecular weight excluding hydrogens is 243 g/mol. The van der Waals surface area contributed by atoms with Crippen LogP contribution in [0.25, 0.3) is 0 Å². The number of unbranched alkanes of at least 4 members (excludes halogenated alkanes) is 2. The molecule has 0 bridgehead atoms. The van der Waals surface area contributed by atoms with Crippen LogP contribution in [0.3, 0.4) is 0 Å². The fourth-order valence-electron chi connectivity index (χ4n) is 2.07. The van der Waals surface area contributed by atoms with Crippen LogP contribution in [0.15, 0.2) is 24.3 Å². The van der Waals surface area contributed by atoms with E-state index in [0.717, 1.165) is 25.8 Å². The van der Waals surface area contributed by atoms with E-state index in [1.165, 1.54) is 6.07 Å². The smallest absolute Gasteiger partial charge is 0.126 e. The van der Waals surface area contributed by atoms with Crippen molar-refractivity contribution in [2.24, 2.45) is 5.73 Å². The quantitative estimate of drug-likeness (QED) is 0.599. The third-order valence-corrected chi connectivity index (χ3v) is 3.38. The Hall–Kier alpha value is -0.970. The summed E-state index contributed by atoms with van der Waals surface area (Å²) in [5.41, 5.74) is 6.22. The molecule has 0 fully saturated rings. The van der Waals surface area contributed by atoms with Gasteiger partial charge < -0.3 is 16.2 Å². The molecule has 1 atom stereocenters. The lowest BCUT2D eigenvalue weighted by atomic mass is 9.92. The Balaban J connectivity index is 2.48. The molecule has 4 heteroatoms. The Morgan fingerprint density at radius 3 is 2.63 bits per heavy atom. The van der Waals surface area contributed by atoms with Crippen LogP contribution in [0.5, 0.6) is 0 Å². The molecule has 0 heterocycles. The van der Waals surface area contributed by atoms with Crippen LogP contribution >= 0.6 is 0 Å². The van der Waals surface area contributed by atoms with Crippen molar-refractivity contribution in [1.29, 1.82) is 0 Å². The number of benzene rings is 1. The third kappa shape index (κ3) is 5.68. The summed E-state index contributed by atoms with van der Waals surface area (Å²) in [5.74, 6) is -0.177. The van der Waals surface area contributed by atoms with Crippen LogP contribution in [0, 0.1) is 5.82 Å². The van der Waals surface area contributed by atoms with Crippen LogP contribution in [0.4, 0.5) is 4.39 Å². The van der Waals surface area contributed by atoms with E-state index in [-0.39, 0.29) is 18.0 Å². The molecule has 1 unspecified atom stereocenters. The zero-order valence-corrected chi connectivity index (χ0v) is 11.7. The average molecular weight is 268 g/mol. The van der Waals surface area contributed by atoms with E-state index >= 15 is 0 Å². The fourth-order valence-corrected chi connectivity index (χ4v) is 2.07. The normalized spacial score (nSPS) is 14.3. The van der Waals surface area contributed by atoms with Crippen molar-refractivity contribution in [2.45, 2.75) is 38.1 Å². The second kappa shape index (κ2) is 8.25. The Morgan fingerprint density at radius 2 is 2.00 bits per heavy atom. The number of halogens is 1. The molecule has 4 N–H and O–H groups in total. The highest BCUT2D eigenvalue weighted by molar-refractivity contribution is 5.20. The van der Waals surface area contributed by atoms with Crippen molar-refractivity contribution >= 4 is 0 Å². The van der Waals surface area contributed by atoms with Crippen molar-refractivity contribution < 1.29 is 9.50 Å². The van der Waals surface area contributed by atoms with Crippen molar-refractivity contribution in [3.05, 3.63) is 35.6 Å². The maximum Gasteiger partial charge on any atom is 0.126 e. The van der Waals surface area contributed by atoms with Gasteiger partial charge in [0.25, 0.3) is 0 Å². The maximum atomic E-state index is 13.6. The Labute approximate surface area is 115 Å². The summed E-state index contributed by atoms with van der Waals surface area (Å²) in [6.45, 7) is 3.55. The molecule has 19 heavy (non-hydrogen) atoms. The van der Waals surface area contributed by atoms with Gasteiger partial charge in [0.15, 0.2) is 0 Å². The maximum absolute atomic E-state index is 13.6. The molecule has 1 aromatic carbocycles. The summed E-state index contributed by atoms with van der Waals surface area (Å²) in [5, 5.41) is 12.1. The van der Waals surface area contributed by atoms with Crippen molar-refractivity contribution in [1.82, 2.24) is 5.32 Å². The second-order valence-corrected chi connectivity index (χ2v) is 5.24. The lowest BCUT2D eigenvalue weighted by molar-refractivity contribution is 0.280. The van der Waals surface area contributed by atoms with Crippen LogP contribution in [-0.2, 0) is 6.42 Å². The minimum Gasteiger partial charge on any atom is -0.396 e. The summed E-state index contributed by atoms with van der Waals surface area (Å²) < 4.78 is 13.6. The van der Waals surface area contributed by atoms with Gasteiger partial charge in [-0.1, -0.05) is 18.2 Å². The molecular formula is C15H25FN2O. The van der Waals surface area contributed by atoms with Gasteiger partial charge in [0.1, 0.15) is 5.82 Å². The van der Waals surface area contributed by atoms with E-state index in [1.807, 2.05) is 13.0 Å². The number of nitrogens with one attached hydrogen (secondary N) is 1. The number of hydrogen-bond donors (Lipinski definition) is 3. The third-order valence-electron chi connectivity index (χ3n) is 3.38. The first kappa shape index (κ1) is 16.1. The molecule has 0 spiro atoms. The predicted molar refractivity (Wildman–Crippen MR) is 76.5 cm³/mol. The molecule has 0 saturated heterocycles. The molecule has 0 aliphatic carbocycles. The summed E-state index contributed by atoms with van der Waals surface area (Å²) in [6.07, 6.45) is 3.39. The number of rotatable bonds is 9. The largest absolute Gasteiger partial charge is 0.396 e. The molecule has 0 aromatic heterocycles. The summed E-state index contributed by atoms with van der Waals surface area (Å²) >= 11 is 0. The first-order chi connectivity index (χ1) is 9.11. The molecule has 3 nitrogen and oxygen atoms in total. The summed E-state index contributed by atoms with van der Waals surface area (Å²) in [7, 11) is 0. The Kier molecular flexibility index (Phi) is 6.99. The monoisotopic (exact) mass is 268 g/mol. The summed E-state index contributed by atoms with van der Waals surface area (Å²) in [6, 6.07) is 6.82. The predicted octanol–water partition coefficient (Wildman–Crippen LogP) is 1.84. The Morgan fingerprint density at radius 1 is 1.26 bits per heavy atom. The molecule has 1 rings (SSSR count). The van der Waals surface area contributed by atoms with Gasteiger partial charge >= 0.3 is 0 Å². The van der Waals surface area contributed by atoms with Gasteiger partial charge in [-0.05, 0) is 50.8 Å². The molecule has 0 aliphatic rings. The highest BCUT2D eigenvalue weighted by Gasteiger charge is 2.23. The highest BCUT2D eigenvalue weighted by atomic mass is 19.1. The lowest BCUT2D eigenvalue weighted by Gasteiger charge is -2.30. The highest BCUT2D eigenvalue weighted by Crippen LogP contribution is 2.15. The fraction of sp³-hybridized carbons (Fsp3) is 0.600. The minimum atomic E-state index is -0.290. The molecule has 1 aromatic rings. The van der Waals surface area contributed by atoms with Crippen LogP contribution in [0.1, 0.15) is 31.7 Å². The van der Waals surface area contributed by atoms with Crippen molar-refractivity contribution in [2.75, 3.05) is 19.7 Å². The zero-order chi connectivity index (χ0) is 14.1. The molecule has 0 amide bonds. The van der Waals surface area contributed by atoms with Crippen LogP contribution in [0.2, 0.25) is 0 Å². The Bertz CT molecular complexity index is 373. The molecule has 0 aliphatic heterocycles. The van der Waals surface area contributed by atoms with E-state index in [2.05, 4.69) is 5.32 Å². The lowest BCUT2D eigenvalue weighted by Crippen LogP contribution is -2.50. The van der Waals surface area contributed by atoms with Gasteiger partial charge in [-0.15, -0.1) is 0 Å². The first-order valence-corrected chi connectivity index (χ1v) is 6.91. The molecule has 108 valence electrons. The van der Waals surface area contributed by atoms with Gasteiger partial charge in [0.05, 0.1) is 0 Å². The van der Waals surface area contributed by atoms with Crippen LogP contribution < -0.4 is 11.1 Å². The second-order valence-electron chi connectivity index (χ2n) is 5.24. The van der Waals surface area contributed by atoms with Crippen molar-refractivity contribution in [3.8, 4) is 0 Å².